The standard InChI is InChI=1S/C19H20BNO5.C4H8/c1-12(10-13-6-8-15(22)9-7-13)21-17-11-14-4-3-5-16(19(23)24)18(14)26-20(17)25-2;1-4-2-3-4/h3-9,17,21-22H,1,10-11H2,2H3,(H,23,24);4H,2-3H2,1H3. The average molecular weight is 409 g/mol. The summed E-state index contributed by atoms with van der Waals surface area (Å²) in [7, 11) is 0.899. The lowest BCUT2D eigenvalue weighted by Crippen LogP contribution is -2.52. The van der Waals surface area contributed by atoms with Gasteiger partial charge < -0.3 is 24.8 Å². The number of benzene rings is 2. The molecule has 1 aliphatic heterocycles. The Morgan fingerprint density at radius 2 is 1.93 bits per heavy atom. The number of allylic oxidation sites excluding steroid dienone is 1. The molecule has 0 radical (unpaired) electrons. The molecule has 1 unspecified atom stereocenters. The van der Waals surface area contributed by atoms with Crippen molar-refractivity contribution < 1.29 is 24.3 Å². The van der Waals surface area contributed by atoms with E-state index in [9.17, 15) is 15.0 Å². The highest BCUT2D eigenvalue weighted by Gasteiger charge is 2.38. The van der Waals surface area contributed by atoms with Gasteiger partial charge in [-0.15, -0.1) is 0 Å². The zero-order valence-corrected chi connectivity index (χ0v) is 17.4. The van der Waals surface area contributed by atoms with Gasteiger partial charge in [-0.05, 0) is 41.7 Å². The summed E-state index contributed by atoms with van der Waals surface area (Å²) < 4.78 is 11.2. The normalized spacial score (nSPS) is 17.1. The molecule has 0 bridgehead atoms. The molecule has 4 rings (SSSR count). The van der Waals surface area contributed by atoms with Crippen LogP contribution in [0.2, 0.25) is 0 Å². The molecular weight excluding hydrogens is 381 g/mol. The van der Waals surface area contributed by atoms with Crippen molar-refractivity contribution in [2.75, 3.05) is 7.11 Å². The van der Waals surface area contributed by atoms with Crippen LogP contribution in [0.1, 0.15) is 41.3 Å². The Morgan fingerprint density at radius 3 is 2.50 bits per heavy atom. The topological polar surface area (TPSA) is 88.0 Å². The predicted octanol–water partition coefficient (Wildman–Crippen LogP) is 3.83. The van der Waals surface area contributed by atoms with E-state index in [1.165, 1.54) is 26.0 Å². The summed E-state index contributed by atoms with van der Waals surface area (Å²) >= 11 is 0. The fraction of sp³-hybridized carbons (Fsp3) is 0.348. The van der Waals surface area contributed by atoms with Gasteiger partial charge in [0.05, 0.1) is 11.5 Å². The lowest BCUT2D eigenvalue weighted by atomic mass is 9.71. The third-order valence-corrected chi connectivity index (χ3v) is 5.17. The van der Waals surface area contributed by atoms with Crippen LogP contribution in [0.5, 0.6) is 11.5 Å². The van der Waals surface area contributed by atoms with E-state index in [2.05, 4.69) is 18.8 Å². The van der Waals surface area contributed by atoms with Gasteiger partial charge in [0.15, 0.2) is 0 Å². The molecule has 0 amide bonds. The van der Waals surface area contributed by atoms with Crippen LogP contribution in [0.4, 0.5) is 0 Å². The fourth-order valence-electron chi connectivity index (χ4n) is 3.26. The molecule has 3 N–H and O–H groups in total. The summed E-state index contributed by atoms with van der Waals surface area (Å²) in [6.45, 7) is 6.34. The molecule has 30 heavy (non-hydrogen) atoms. The van der Waals surface area contributed by atoms with E-state index in [1.807, 2.05) is 18.2 Å². The van der Waals surface area contributed by atoms with Gasteiger partial charge >= 0.3 is 13.1 Å². The Labute approximate surface area is 177 Å². The number of fused-ring (bicyclic) bond motifs is 1. The summed E-state index contributed by atoms with van der Waals surface area (Å²) in [5, 5.41) is 22.0. The van der Waals surface area contributed by atoms with Gasteiger partial charge in [-0.1, -0.05) is 50.6 Å². The zero-order chi connectivity index (χ0) is 21.7. The first-order chi connectivity index (χ1) is 14.4. The summed E-state index contributed by atoms with van der Waals surface area (Å²) in [6, 6.07) is 12.0. The minimum atomic E-state index is -1.03. The number of para-hydroxylation sites is 1. The maximum absolute atomic E-state index is 11.4. The summed E-state index contributed by atoms with van der Waals surface area (Å²) in [5.41, 5.74) is 2.74. The van der Waals surface area contributed by atoms with Gasteiger partial charge in [0.1, 0.15) is 11.5 Å². The van der Waals surface area contributed by atoms with Crippen LogP contribution >= 0.6 is 0 Å². The Kier molecular flexibility index (Phi) is 7.05. The number of hydrogen-bond acceptors (Lipinski definition) is 5. The number of phenolic OH excluding ortho intramolecular Hbond substituents is 1. The van der Waals surface area contributed by atoms with Crippen molar-refractivity contribution in [3.8, 4) is 11.5 Å². The molecule has 1 aliphatic carbocycles. The minimum Gasteiger partial charge on any atom is -0.534 e. The van der Waals surface area contributed by atoms with Gasteiger partial charge in [0.2, 0.25) is 0 Å². The third-order valence-electron chi connectivity index (χ3n) is 5.17. The molecule has 2 aromatic carbocycles. The number of phenols is 1. The van der Waals surface area contributed by atoms with Crippen LogP contribution in [-0.2, 0) is 17.5 Å². The van der Waals surface area contributed by atoms with Crippen LogP contribution in [-0.4, -0.2) is 36.4 Å². The second kappa shape index (κ2) is 9.72. The second-order valence-electron chi connectivity index (χ2n) is 7.91. The first kappa shape index (κ1) is 21.8. The Balaban J connectivity index is 0.000000572. The monoisotopic (exact) mass is 409 g/mol. The first-order valence-corrected chi connectivity index (χ1v) is 10.1. The molecular formula is C23H28BNO5. The van der Waals surface area contributed by atoms with Crippen molar-refractivity contribution in [1.82, 2.24) is 5.32 Å². The predicted molar refractivity (Wildman–Crippen MR) is 117 cm³/mol. The lowest BCUT2D eigenvalue weighted by molar-refractivity contribution is 0.0694. The van der Waals surface area contributed by atoms with E-state index >= 15 is 0 Å². The van der Waals surface area contributed by atoms with Gasteiger partial charge in [-0.25, -0.2) is 4.79 Å². The first-order valence-electron chi connectivity index (χ1n) is 10.1. The van der Waals surface area contributed by atoms with Gasteiger partial charge in [-0.2, -0.15) is 0 Å². The second-order valence-corrected chi connectivity index (χ2v) is 7.91. The lowest BCUT2D eigenvalue weighted by Gasteiger charge is -2.31. The number of rotatable bonds is 6. The number of aromatic hydroxyl groups is 1. The van der Waals surface area contributed by atoms with E-state index in [0.29, 0.717) is 18.6 Å². The van der Waals surface area contributed by atoms with E-state index in [1.54, 1.807) is 18.2 Å². The van der Waals surface area contributed by atoms with Gasteiger partial charge in [0.25, 0.3) is 0 Å². The summed E-state index contributed by atoms with van der Waals surface area (Å²) in [4.78, 5) is 11.4. The van der Waals surface area contributed by atoms with Crippen LogP contribution in [0.25, 0.3) is 0 Å². The minimum absolute atomic E-state index is 0.130. The largest absolute Gasteiger partial charge is 0.549 e. The van der Waals surface area contributed by atoms with E-state index in [-0.39, 0.29) is 17.3 Å². The highest BCUT2D eigenvalue weighted by molar-refractivity contribution is 6.48. The molecule has 0 spiro atoms. The van der Waals surface area contributed by atoms with Crippen LogP contribution < -0.4 is 9.97 Å². The Morgan fingerprint density at radius 1 is 1.27 bits per heavy atom. The zero-order valence-electron chi connectivity index (χ0n) is 17.4. The van der Waals surface area contributed by atoms with Crippen molar-refractivity contribution in [3.63, 3.8) is 0 Å². The van der Waals surface area contributed by atoms with Crippen LogP contribution in [0, 0.1) is 5.92 Å². The molecule has 2 aromatic rings. The average Bonchev–Trinajstić information content (AvgIpc) is 3.51. The van der Waals surface area contributed by atoms with Crippen molar-refractivity contribution in [1.29, 1.82) is 0 Å². The van der Waals surface area contributed by atoms with Crippen molar-refractivity contribution >= 4 is 13.1 Å². The molecule has 1 heterocycles. The Hall–Kier alpha value is -2.93. The van der Waals surface area contributed by atoms with Gasteiger partial charge in [-0.3, -0.25) is 0 Å². The van der Waals surface area contributed by atoms with E-state index < -0.39 is 13.1 Å². The SMILES string of the molecule is C=C(Cc1ccc(O)cc1)NC1Cc2cccc(C(=O)O)c2OB1OC.CC1CC1. The molecule has 6 nitrogen and oxygen atoms in total. The number of carboxylic acids is 1. The molecule has 1 fully saturated rings. The molecule has 0 saturated heterocycles. The van der Waals surface area contributed by atoms with E-state index in [4.69, 9.17) is 9.31 Å². The number of aromatic carboxylic acids is 1. The highest BCUT2D eigenvalue weighted by atomic mass is 16.6. The van der Waals surface area contributed by atoms with Crippen LogP contribution in [0.3, 0.4) is 0 Å². The maximum atomic E-state index is 11.4. The molecule has 7 heteroatoms. The molecule has 1 saturated carbocycles. The van der Waals surface area contributed by atoms with E-state index in [0.717, 1.165) is 22.7 Å². The molecule has 1 atom stereocenters. The Bertz CT molecular complexity index is 895. The number of hydrogen-bond donors (Lipinski definition) is 3. The molecule has 158 valence electrons. The van der Waals surface area contributed by atoms with Gasteiger partial charge in [0, 0.05) is 19.2 Å². The summed E-state index contributed by atoms with van der Waals surface area (Å²) in [5.74, 6) is 0.438. The summed E-state index contributed by atoms with van der Waals surface area (Å²) in [6.07, 6.45) is 4.12. The number of carboxylic acid groups (broad SMARTS) is 1. The number of nitrogens with one attached hydrogen (secondary N) is 1. The van der Waals surface area contributed by atoms with Crippen LogP contribution in [0.15, 0.2) is 54.7 Å². The quantitative estimate of drug-likeness (QED) is 0.629. The molecule has 2 aliphatic rings. The third kappa shape index (κ3) is 5.80. The smallest absolute Gasteiger partial charge is 0.534 e. The fourth-order valence-corrected chi connectivity index (χ4v) is 3.26. The molecule has 0 aromatic heterocycles. The maximum Gasteiger partial charge on any atom is 0.549 e. The van der Waals surface area contributed by atoms with Crippen molar-refractivity contribution in [2.45, 2.75) is 38.5 Å². The van der Waals surface area contributed by atoms with Crippen molar-refractivity contribution in [3.05, 3.63) is 71.4 Å². The highest BCUT2D eigenvalue weighted by Crippen LogP contribution is 2.31. The number of carbonyl (C=O) groups is 1. The van der Waals surface area contributed by atoms with Crippen molar-refractivity contribution in [2.24, 2.45) is 5.92 Å².